The number of likely N-dealkylation sites (tertiary alicyclic amines) is 1. The molecule has 0 saturated carbocycles. The summed E-state index contributed by atoms with van der Waals surface area (Å²) in [5, 5.41) is 2.93. The second kappa shape index (κ2) is 7.92. The van der Waals surface area contributed by atoms with Crippen molar-refractivity contribution in [2.24, 2.45) is 5.92 Å². The summed E-state index contributed by atoms with van der Waals surface area (Å²) in [6.45, 7) is 4.16. The second-order valence-electron chi connectivity index (χ2n) is 7.28. The highest BCUT2D eigenvalue weighted by molar-refractivity contribution is 5.98. The van der Waals surface area contributed by atoms with Crippen molar-refractivity contribution in [3.8, 4) is 11.5 Å². The first-order valence-corrected chi connectivity index (χ1v) is 9.66. The van der Waals surface area contributed by atoms with Crippen LogP contribution in [0.2, 0.25) is 0 Å². The number of nitrogens with zero attached hydrogens (tertiary/aromatic N) is 1. The van der Waals surface area contributed by atoms with Crippen LogP contribution in [0.5, 0.6) is 11.5 Å². The number of ketones is 1. The topological polar surface area (TPSA) is 67.9 Å². The number of rotatable bonds is 3. The Morgan fingerprint density at radius 1 is 1.00 bits per heavy atom. The molecule has 2 aliphatic heterocycles. The Balaban J connectivity index is 1.34. The minimum atomic E-state index is -0.115. The van der Waals surface area contributed by atoms with Crippen molar-refractivity contribution in [3.63, 3.8) is 0 Å². The minimum Gasteiger partial charge on any atom is -0.486 e. The van der Waals surface area contributed by atoms with E-state index < -0.39 is 0 Å². The van der Waals surface area contributed by atoms with Gasteiger partial charge in [0.25, 0.3) is 0 Å². The maximum absolute atomic E-state index is 12.9. The Hall–Kier alpha value is -3.02. The number of anilines is 1. The highest BCUT2D eigenvalue weighted by atomic mass is 16.6. The lowest BCUT2D eigenvalue weighted by atomic mass is 9.89. The number of ether oxygens (including phenoxy) is 2. The van der Waals surface area contributed by atoms with Gasteiger partial charge in [0.2, 0.25) is 0 Å². The summed E-state index contributed by atoms with van der Waals surface area (Å²) in [5.74, 6) is 1.35. The molecule has 0 aromatic heterocycles. The molecule has 0 bridgehead atoms. The van der Waals surface area contributed by atoms with Crippen molar-refractivity contribution < 1.29 is 19.1 Å². The number of aryl methyl sites for hydroxylation is 1. The molecule has 0 spiro atoms. The molecule has 0 aliphatic carbocycles. The molecule has 1 N–H and O–H groups in total. The van der Waals surface area contributed by atoms with Crippen molar-refractivity contribution in [2.45, 2.75) is 19.8 Å². The molecule has 28 heavy (non-hydrogen) atoms. The molecular weight excluding hydrogens is 356 g/mol. The van der Waals surface area contributed by atoms with E-state index in [4.69, 9.17) is 9.47 Å². The number of Topliss-reactive ketones (excluding diaryl/α,β-unsaturated/α-hetero) is 1. The highest BCUT2D eigenvalue weighted by Gasteiger charge is 2.28. The van der Waals surface area contributed by atoms with Gasteiger partial charge in [0.1, 0.15) is 13.2 Å². The number of hydrogen-bond acceptors (Lipinski definition) is 4. The molecule has 6 heteroatoms. The molecule has 0 unspecified atom stereocenters. The van der Waals surface area contributed by atoms with Crippen LogP contribution in [0.15, 0.2) is 42.5 Å². The summed E-state index contributed by atoms with van der Waals surface area (Å²) in [6.07, 6.45) is 1.32. The van der Waals surface area contributed by atoms with E-state index in [1.807, 2.05) is 31.2 Å². The molecule has 2 aromatic carbocycles. The van der Waals surface area contributed by atoms with Gasteiger partial charge >= 0.3 is 6.03 Å². The van der Waals surface area contributed by atoms with Gasteiger partial charge in [-0.15, -0.1) is 0 Å². The summed E-state index contributed by atoms with van der Waals surface area (Å²) < 4.78 is 11.1. The SMILES string of the molecule is Cc1cccc(NC(=O)N2CCC(C(=O)c3ccc4c(c3)OCCO4)CC2)c1. The Morgan fingerprint density at radius 2 is 1.75 bits per heavy atom. The maximum Gasteiger partial charge on any atom is 0.321 e. The van der Waals surface area contributed by atoms with Crippen LogP contribution in [0, 0.1) is 12.8 Å². The van der Waals surface area contributed by atoms with Crippen LogP contribution in [0.1, 0.15) is 28.8 Å². The van der Waals surface area contributed by atoms with Crippen LogP contribution in [-0.2, 0) is 0 Å². The van der Waals surface area contributed by atoms with E-state index in [9.17, 15) is 9.59 Å². The van der Waals surface area contributed by atoms with Crippen molar-refractivity contribution >= 4 is 17.5 Å². The monoisotopic (exact) mass is 380 g/mol. The lowest BCUT2D eigenvalue weighted by molar-refractivity contribution is 0.0858. The van der Waals surface area contributed by atoms with Gasteiger partial charge in [-0.1, -0.05) is 12.1 Å². The van der Waals surface area contributed by atoms with Crippen LogP contribution < -0.4 is 14.8 Å². The molecule has 2 amide bonds. The van der Waals surface area contributed by atoms with E-state index in [1.54, 1.807) is 23.1 Å². The number of nitrogens with one attached hydrogen (secondary N) is 1. The standard InChI is InChI=1S/C22H24N2O4/c1-15-3-2-4-18(13-15)23-22(26)24-9-7-16(8-10-24)21(25)17-5-6-19-20(14-17)28-12-11-27-19/h2-6,13-14,16H,7-12H2,1H3,(H,23,26). The Labute approximate surface area is 164 Å². The molecule has 1 saturated heterocycles. The number of carbonyl (C=O) groups is 2. The normalized spacial score (nSPS) is 16.5. The molecule has 0 radical (unpaired) electrons. The highest BCUT2D eigenvalue weighted by Crippen LogP contribution is 2.32. The summed E-state index contributed by atoms with van der Waals surface area (Å²) >= 11 is 0. The van der Waals surface area contributed by atoms with Crippen LogP contribution in [0.4, 0.5) is 10.5 Å². The number of benzene rings is 2. The zero-order valence-corrected chi connectivity index (χ0v) is 15.9. The molecule has 146 valence electrons. The third kappa shape index (κ3) is 3.96. The fourth-order valence-electron chi connectivity index (χ4n) is 3.70. The summed E-state index contributed by atoms with van der Waals surface area (Å²) in [5.41, 5.74) is 2.54. The van der Waals surface area contributed by atoms with E-state index >= 15 is 0 Å². The first-order valence-electron chi connectivity index (χ1n) is 9.66. The van der Waals surface area contributed by atoms with E-state index in [0.717, 1.165) is 11.3 Å². The molecular formula is C22H24N2O4. The lowest BCUT2D eigenvalue weighted by Crippen LogP contribution is -2.42. The third-order valence-corrected chi connectivity index (χ3v) is 5.25. The van der Waals surface area contributed by atoms with Gasteiger partial charge in [-0.3, -0.25) is 4.79 Å². The summed E-state index contributed by atoms with van der Waals surface area (Å²) in [7, 11) is 0. The number of amides is 2. The molecule has 6 nitrogen and oxygen atoms in total. The Morgan fingerprint density at radius 3 is 2.50 bits per heavy atom. The van der Waals surface area contributed by atoms with Crippen LogP contribution >= 0.6 is 0 Å². The van der Waals surface area contributed by atoms with Gasteiger partial charge in [0, 0.05) is 30.3 Å². The van der Waals surface area contributed by atoms with E-state index in [-0.39, 0.29) is 17.7 Å². The molecule has 2 aliphatic rings. The molecule has 4 rings (SSSR count). The second-order valence-corrected chi connectivity index (χ2v) is 7.28. The van der Waals surface area contributed by atoms with Gasteiger partial charge in [0.05, 0.1) is 0 Å². The Bertz CT molecular complexity index is 888. The van der Waals surface area contributed by atoms with Gasteiger partial charge in [-0.2, -0.15) is 0 Å². The predicted octanol–water partition coefficient (Wildman–Crippen LogP) is 3.89. The number of fused-ring (bicyclic) bond motifs is 1. The number of piperidine rings is 1. The minimum absolute atomic E-state index is 0.0782. The van der Waals surface area contributed by atoms with Crippen LogP contribution in [0.3, 0.4) is 0 Å². The van der Waals surface area contributed by atoms with Crippen molar-refractivity contribution in [3.05, 3.63) is 53.6 Å². The van der Waals surface area contributed by atoms with Gasteiger partial charge in [-0.05, 0) is 55.7 Å². The van der Waals surface area contributed by atoms with Gasteiger partial charge < -0.3 is 19.7 Å². The van der Waals surface area contributed by atoms with E-state index in [0.29, 0.717) is 56.2 Å². The summed E-state index contributed by atoms with van der Waals surface area (Å²) in [4.78, 5) is 27.1. The first-order chi connectivity index (χ1) is 13.6. The fourth-order valence-corrected chi connectivity index (χ4v) is 3.70. The van der Waals surface area contributed by atoms with Crippen molar-refractivity contribution in [1.82, 2.24) is 4.90 Å². The molecule has 2 aromatic rings. The van der Waals surface area contributed by atoms with E-state index in [2.05, 4.69) is 5.32 Å². The Kier molecular flexibility index (Phi) is 5.19. The average molecular weight is 380 g/mol. The number of urea groups is 1. The number of carbonyl (C=O) groups excluding carboxylic acids is 2. The van der Waals surface area contributed by atoms with Gasteiger partial charge in [-0.25, -0.2) is 4.79 Å². The molecule has 1 fully saturated rings. The largest absolute Gasteiger partial charge is 0.486 e. The summed E-state index contributed by atoms with van der Waals surface area (Å²) in [6, 6.07) is 13.0. The maximum atomic E-state index is 12.9. The quantitative estimate of drug-likeness (QED) is 0.821. The van der Waals surface area contributed by atoms with Crippen molar-refractivity contribution in [1.29, 1.82) is 0 Å². The molecule has 0 atom stereocenters. The zero-order valence-electron chi connectivity index (χ0n) is 15.9. The van der Waals surface area contributed by atoms with Crippen LogP contribution in [0.25, 0.3) is 0 Å². The van der Waals surface area contributed by atoms with Gasteiger partial charge in [0.15, 0.2) is 17.3 Å². The molecule has 2 heterocycles. The lowest BCUT2D eigenvalue weighted by Gasteiger charge is -2.31. The third-order valence-electron chi connectivity index (χ3n) is 5.25. The predicted molar refractivity (Wildman–Crippen MR) is 106 cm³/mol. The zero-order chi connectivity index (χ0) is 19.5. The first kappa shape index (κ1) is 18.3. The fraction of sp³-hybridized carbons (Fsp3) is 0.364. The van der Waals surface area contributed by atoms with Crippen LogP contribution in [-0.4, -0.2) is 43.0 Å². The van der Waals surface area contributed by atoms with E-state index in [1.165, 1.54) is 0 Å². The smallest absolute Gasteiger partial charge is 0.321 e. The average Bonchev–Trinajstić information content (AvgIpc) is 2.73. The van der Waals surface area contributed by atoms with Crippen molar-refractivity contribution in [2.75, 3.05) is 31.6 Å². The number of hydrogen-bond donors (Lipinski definition) is 1.